The molecule has 0 radical (unpaired) electrons. The second-order valence-electron chi connectivity index (χ2n) is 4.28. The van der Waals surface area contributed by atoms with E-state index in [0.29, 0.717) is 0 Å². The van der Waals surface area contributed by atoms with Crippen LogP contribution in [0.3, 0.4) is 0 Å². The van der Waals surface area contributed by atoms with Crippen molar-refractivity contribution < 1.29 is 0 Å². The summed E-state index contributed by atoms with van der Waals surface area (Å²) in [5.74, 6) is 0.893. The van der Waals surface area contributed by atoms with E-state index in [1.54, 1.807) is 6.33 Å². The zero-order valence-electron chi connectivity index (χ0n) is 9.78. The molecular formula is C13H13IN4. The third-order valence-electron chi connectivity index (χ3n) is 3.03. The molecule has 1 aliphatic rings. The average molecular weight is 352 g/mol. The Morgan fingerprint density at radius 3 is 3.06 bits per heavy atom. The molecule has 4 nitrogen and oxygen atoms in total. The zero-order chi connectivity index (χ0) is 12.4. The third-order valence-corrected chi connectivity index (χ3v) is 3.82. The fraction of sp³-hybridized carbons (Fsp3) is 0.231. The van der Waals surface area contributed by atoms with Gasteiger partial charge in [-0.3, -0.25) is 0 Å². The molecule has 1 aromatic heterocycles. The van der Waals surface area contributed by atoms with Crippen molar-refractivity contribution in [2.75, 3.05) is 5.32 Å². The van der Waals surface area contributed by atoms with Crippen molar-refractivity contribution >= 4 is 28.4 Å². The molecule has 2 aromatic rings. The maximum absolute atomic E-state index is 4.22. The normalized spacial score (nSPS) is 13.4. The number of benzene rings is 1. The Balaban J connectivity index is 1.72. The van der Waals surface area contributed by atoms with Crippen LogP contribution < -0.4 is 10.6 Å². The topological polar surface area (TPSA) is 49.8 Å². The highest BCUT2D eigenvalue weighted by molar-refractivity contribution is 14.1. The lowest BCUT2D eigenvalue weighted by Crippen LogP contribution is -2.04. The van der Waals surface area contributed by atoms with Crippen LogP contribution in [0.25, 0.3) is 0 Å². The summed E-state index contributed by atoms with van der Waals surface area (Å²) in [5, 5.41) is 6.70. The van der Waals surface area contributed by atoms with Crippen LogP contribution in [0.5, 0.6) is 0 Å². The van der Waals surface area contributed by atoms with Crippen LogP contribution in [-0.4, -0.2) is 9.97 Å². The van der Waals surface area contributed by atoms with Crippen LogP contribution in [-0.2, 0) is 19.6 Å². The molecule has 18 heavy (non-hydrogen) atoms. The first-order chi connectivity index (χ1) is 8.83. The maximum atomic E-state index is 4.22. The van der Waals surface area contributed by atoms with E-state index in [9.17, 15) is 0 Å². The Bertz CT molecular complexity index is 571. The van der Waals surface area contributed by atoms with E-state index in [4.69, 9.17) is 0 Å². The Hall–Kier alpha value is -1.21. The van der Waals surface area contributed by atoms with E-state index in [2.05, 4.69) is 61.4 Å². The largest absolute Gasteiger partial charge is 0.365 e. The second-order valence-corrected chi connectivity index (χ2v) is 5.44. The molecule has 0 bridgehead atoms. The molecule has 0 atom stereocenters. The molecule has 0 saturated carbocycles. The number of nitrogens with one attached hydrogen (secondary N) is 2. The van der Waals surface area contributed by atoms with Crippen LogP contribution in [0, 0.1) is 3.57 Å². The Kier molecular flexibility index (Phi) is 3.42. The molecule has 1 aliphatic heterocycles. The maximum Gasteiger partial charge on any atom is 0.143 e. The van der Waals surface area contributed by atoms with Crippen molar-refractivity contribution in [3.05, 3.63) is 51.0 Å². The van der Waals surface area contributed by atoms with Gasteiger partial charge in [0.2, 0.25) is 0 Å². The van der Waals surface area contributed by atoms with Crippen LogP contribution >= 0.6 is 22.6 Å². The summed E-state index contributed by atoms with van der Waals surface area (Å²) in [7, 11) is 0. The van der Waals surface area contributed by atoms with Crippen LogP contribution in [0.4, 0.5) is 5.82 Å². The van der Waals surface area contributed by atoms with Gasteiger partial charge in [-0.25, -0.2) is 9.97 Å². The molecular weight excluding hydrogens is 339 g/mol. The van der Waals surface area contributed by atoms with E-state index in [-0.39, 0.29) is 0 Å². The van der Waals surface area contributed by atoms with Gasteiger partial charge in [0.15, 0.2) is 0 Å². The number of fused-ring (bicyclic) bond motifs is 1. The fourth-order valence-electron chi connectivity index (χ4n) is 2.09. The molecule has 0 saturated heterocycles. The van der Waals surface area contributed by atoms with Gasteiger partial charge in [-0.1, -0.05) is 18.2 Å². The number of rotatable bonds is 3. The zero-order valence-corrected chi connectivity index (χ0v) is 11.9. The second kappa shape index (κ2) is 5.19. The molecule has 0 amide bonds. The molecule has 0 unspecified atom stereocenters. The van der Waals surface area contributed by atoms with Crippen molar-refractivity contribution in [1.29, 1.82) is 0 Å². The van der Waals surface area contributed by atoms with Gasteiger partial charge in [0.1, 0.15) is 12.1 Å². The Morgan fingerprint density at radius 1 is 1.28 bits per heavy atom. The summed E-state index contributed by atoms with van der Waals surface area (Å²) < 4.78 is 1.04. The summed E-state index contributed by atoms with van der Waals surface area (Å²) in [6.45, 7) is 2.77. The lowest BCUT2D eigenvalue weighted by Gasteiger charge is -2.08. The predicted octanol–water partition coefficient (Wildman–Crippen LogP) is 2.30. The lowest BCUT2D eigenvalue weighted by molar-refractivity contribution is 0.764. The third kappa shape index (κ3) is 2.46. The van der Waals surface area contributed by atoms with Gasteiger partial charge in [-0.2, -0.15) is 0 Å². The number of anilines is 1. The summed E-state index contributed by atoms with van der Waals surface area (Å²) in [4.78, 5) is 8.20. The fourth-order valence-corrected chi connectivity index (χ4v) is 2.58. The van der Waals surface area contributed by atoms with E-state index < -0.39 is 0 Å². The van der Waals surface area contributed by atoms with Crippen molar-refractivity contribution in [3.63, 3.8) is 0 Å². The van der Waals surface area contributed by atoms with Crippen molar-refractivity contribution in [1.82, 2.24) is 15.3 Å². The van der Waals surface area contributed by atoms with E-state index in [0.717, 1.165) is 29.0 Å². The summed E-state index contributed by atoms with van der Waals surface area (Å²) >= 11 is 2.23. The van der Waals surface area contributed by atoms with Gasteiger partial charge < -0.3 is 10.6 Å². The van der Waals surface area contributed by atoms with E-state index in [1.165, 1.54) is 16.7 Å². The number of nitrogens with zero attached hydrogens (tertiary/aromatic N) is 2. The van der Waals surface area contributed by atoms with Crippen molar-refractivity contribution in [3.8, 4) is 0 Å². The molecule has 0 spiro atoms. The van der Waals surface area contributed by atoms with E-state index in [1.807, 2.05) is 6.20 Å². The van der Waals surface area contributed by atoms with Gasteiger partial charge in [0, 0.05) is 25.8 Å². The summed E-state index contributed by atoms with van der Waals surface area (Å²) in [6.07, 6.45) is 3.37. The lowest BCUT2D eigenvalue weighted by atomic mass is 10.1. The highest BCUT2D eigenvalue weighted by Crippen LogP contribution is 2.18. The molecule has 0 aliphatic carbocycles. The minimum absolute atomic E-state index is 0.792. The van der Waals surface area contributed by atoms with Crippen LogP contribution in [0.2, 0.25) is 0 Å². The molecule has 2 N–H and O–H groups in total. The first kappa shape index (κ1) is 11.9. The number of halogens is 1. The van der Waals surface area contributed by atoms with Gasteiger partial charge >= 0.3 is 0 Å². The molecule has 2 heterocycles. The first-order valence-corrected chi connectivity index (χ1v) is 6.91. The number of hydrogen-bond donors (Lipinski definition) is 2. The number of aromatic nitrogens is 2. The minimum Gasteiger partial charge on any atom is -0.365 e. The Morgan fingerprint density at radius 2 is 2.17 bits per heavy atom. The van der Waals surface area contributed by atoms with Crippen LogP contribution in [0.1, 0.15) is 16.7 Å². The first-order valence-electron chi connectivity index (χ1n) is 5.84. The van der Waals surface area contributed by atoms with Gasteiger partial charge in [0.05, 0.1) is 3.57 Å². The van der Waals surface area contributed by atoms with Gasteiger partial charge in [0.25, 0.3) is 0 Å². The average Bonchev–Trinajstić information content (AvgIpc) is 2.85. The molecule has 0 fully saturated rings. The molecule has 92 valence electrons. The molecule has 1 aromatic carbocycles. The summed E-state index contributed by atoms with van der Waals surface area (Å²) in [5.41, 5.74) is 4.11. The SMILES string of the molecule is Ic1cncnc1NCc1ccc2c(c1)CNC2. The van der Waals surface area contributed by atoms with E-state index >= 15 is 0 Å². The smallest absolute Gasteiger partial charge is 0.143 e. The highest BCUT2D eigenvalue weighted by Gasteiger charge is 2.10. The summed E-state index contributed by atoms with van der Waals surface area (Å²) in [6, 6.07) is 6.64. The van der Waals surface area contributed by atoms with Gasteiger partial charge in [-0.05, 0) is 39.3 Å². The van der Waals surface area contributed by atoms with Gasteiger partial charge in [-0.15, -0.1) is 0 Å². The van der Waals surface area contributed by atoms with Crippen molar-refractivity contribution in [2.45, 2.75) is 19.6 Å². The highest BCUT2D eigenvalue weighted by atomic mass is 127. The molecule has 3 rings (SSSR count). The standard InChI is InChI=1S/C13H13IN4/c14-12-7-16-8-18-13(12)17-4-9-1-2-10-5-15-6-11(10)3-9/h1-3,7-8,15H,4-6H2,(H,16,17,18). The number of hydrogen-bond acceptors (Lipinski definition) is 4. The Labute approximate surface area is 119 Å². The predicted molar refractivity (Wildman–Crippen MR) is 79.1 cm³/mol. The monoisotopic (exact) mass is 352 g/mol. The molecule has 5 heteroatoms. The van der Waals surface area contributed by atoms with Crippen LogP contribution in [0.15, 0.2) is 30.7 Å². The minimum atomic E-state index is 0.792. The quantitative estimate of drug-likeness (QED) is 0.833. The van der Waals surface area contributed by atoms with Crippen molar-refractivity contribution in [2.24, 2.45) is 0 Å².